The highest BCUT2D eigenvalue weighted by Gasteiger charge is 2.50. The van der Waals surface area contributed by atoms with E-state index in [0.717, 1.165) is 39.0 Å². The first kappa shape index (κ1) is 17.5. The highest BCUT2D eigenvalue weighted by atomic mass is 32.2. The molecule has 4 heterocycles. The minimum Gasteiger partial charge on any atom is -0.438 e. The summed E-state index contributed by atoms with van der Waals surface area (Å²) >= 11 is 0. The molecule has 1 aromatic rings. The molecular weight excluding hydrogens is 360 g/mol. The van der Waals surface area contributed by atoms with Gasteiger partial charge in [-0.05, 0) is 31.5 Å². The summed E-state index contributed by atoms with van der Waals surface area (Å²) in [4.78, 5) is 30.2. The molecule has 0 radical (unpaired) electrons. The number of rotatable bonds is 4. The van der Waals surface area contributed by atoms with Crippen LogP contribution in [0.25, 0.3) is 0 Å². The van der Waals surface area contributed by atoms with Gasteiger partial charge >= 0.3 is 0 Å². The lowest BCUT2D eigenvalue weighted by Crippen LogP contribution is -2.59. The van der Waals surface area contributed by atoms with Crippen LogP contribution in [0.15, 0.2) is 21.6 Å². The Morgan fingerprint density at radius 3 is 2.42 bits per heavy atom. The van der Waals surface area contributed by atoms with Crippen LogP contribution in [0.5, 0.6) is 0 Å². The molecule has 1 spiro atoms. The van der Waals surface area contributed by atoms with Gasteiger partial charge in [0.05, 0.1) is 6.54 Å². The molecule has 0 aromatic carbocycles. The smallest absolute Gasteiger partial charge is 0.289 e. The Balaban J connectivity index is 1.31. The number of sulfonamides is 1. The zero-order valence-electron chi connectivity index (χ0n) is 14.4. The van der Waals surface area contributed by atoms with Crippen molar-refractivity contribution < 1.29 is 22.4 Å². The van der Waals surface area contributed by atoms with Crippen LogP contribution in [0.1, 0.15) is 23.4 Å². The lowest BCUT2D eigenvalue weighted by atomic mass is 9.79. The molecule has 3 aliphatic rings. The summed E-state index contributed by atoms with van der Waals surface area (Å²) in [6.45, 7) is 5.02. The van der Waals surface area contributed by atoms with Crippen molar-refractivity contribution in [2.45, 2.75) is 17.9 Å². The molecule has 142 valence electrons. The first-order chi connectivity index (χ1) is 12.3. The number of carbonyl (C=O) groups is 2. The number of primary sulfonamides is 1. The van der Waals surface area contributed by atoms with E-state index in [1.807, 2.05) is 4.90 Å². The Hall–Kier alpha value is -1.91. The molecule has 3 saturated heterocycles. The summed E-state index contributed by atoms with van der Waals surface area (Å²) in [6.07, 6.45) is 2.04. The van der Waals surface area contributed by atoms with Crippen LogP contribution >= 0.6 is 0 Å². The van der Waals surface area contributed by atoms with Gasteiger partial charge in [-0.25, -0.2) is 13.6 Å². The van der Waals surface area contributed by atoms with Crippen molar-refractivity contribution >= 4 is 21.8 Å². The monoisotopic (exact) mass is 382 g/mol. The van der Waals surface area contributed by atoms with Crippen LogP contribution in [0.3, 0.4) is 0 Å². The molecule has 26 heavy (non-hydrogen) atoms. The minimum atomic E-state index is -3.96. The van der Waals surface area contributed by atoms with E-state index < -0.39 is 15.1 Å². The lowest BCUT2D eigenvalue weighted by Gasteiger charge is -2.47. The van der Waals surface area contributed by atoms with E-state index in [0.29, 0.717) is 19.6 Å². The van der Waals surface area contributed by atoms with Crippen LogP contribution < -0.4 is 5.14 Å². The van der Waals surface area contributed by atoms with Crippen molar-refractivity contribution in [3.8, 4) is 0 Å². The minimum absolute atomic E-state index is 0.0216. The molecule has 0 aliphatic carbocycles. The maximum absolute atomic E-state index is 12.4. The Morgan fingerprint density at radius 2 is 1.85 bits per heavy atom. The topological polar surface area (TPSA) is 117 Å². The number of hydrogen-bond acceptors (Lipinski definition) is 6. The third-order valence-electron chi connectivity index (χ3n) is 5.50. The van der Waals surface area contributed by atoms with E-state index >= 15 is 0 Å². The van der Waals surface area contributed by atoms with Crippen LogP contribution in [-0.4, -0.2) is 80.7 Å². The summed E-state index contributed by atoms with van der Waals surface area (Å²) in [5.41, 5.74) is 0.0280. The fourth-order valence-electron chi connectivity index (χ4n) is 3.93. The molecule has 2 N–H and O–H groups in total. The van der Waals surface area contributed by atoms with Crippen molar-refractivity contribution in [1.29, 1.82) is 0 Å². The Morgan fingerprint density at radius 1 is 1.12 bits per heavy atom. The van der Waals surface area contributed by atoms with Gasteiger partial charge in [0.2, 0.25) is 11.0 Å². The van der Waals surface area contributed by atoms with E-state index in [9.17, 15) is 18.0 Å². The van der Waals surface area contributed by atoms with Crippen molar-refractivity contribution in [2.75, 3.05) is 45.8 Å². The van der Waals surface area contributed by atoms with Gasteiger partial charge in [-0.3, -0.25) is 14.5 Å². The van der Waals surface area contributed by atoms with E-state index in [1.54, 1.807) is 4.90 Å². The van der Waals surface area contributed by atoms with Crippen molar-refractivity contribution in [1.82, 2.24) is 14.7 Å². The van der Waals surface area contributed by atoms with E-state index in [-0.39, 0.29) is 23.0 Å². The maximum atomic E-state index is 12.4. The van der Waals surface area contributed by atoms with Gasteiger partial charge in [-0.1, -0.05) is 0 Å². The molecule has 0 saturated carbocycles. The van der Waals surface area contributed by atoms with Gasteiger partial charge < -0.3 is 14.2 Å². The normalized spacial score (nSPS) is 22.3. The zero-order valence-corrected chi connectivity index (χ0v) is 15.2. The lowest BCUT2D eigenvalue weighted by molar-refractivity contribution is -0.135. The summed E-state index contributed by atoms with van der Waals surface area (Å²) in [6, 6.07) is 2.52. The Labute approximate surface area is 151 Å². The summed E-state index contributed by atoms with van der Waals surface area (Å²) < 4.78 is 27.6. The predicted octanol–water partition coefficient (Wildman–Crippen LogP) is -0.693. The van der Waals surface area contributed by atoms with Crippen molar-refractivity contribution in [3.05, 3.63) is 17.9 Å². The van der Waals surface area contributed by atoms with Crippen molar-refractivity contribution in [2.24, 2.45) is 10.6 Å². The molecule has 10 heteroatoms. The fraction of sp³-hybridized carbons (Fsp3) is 0.625. The molecule has 4 rings (SSSR count). The zero-order chi connectivity index (χ0) is 18.5. The summed E-state index contributed by atoms with van der Waals surface area (Å²) in [5.74, 6) is -0.168. The molecule has 3 aliphatic heterocycles. The molecule has 0 atom stereocenters. The van der Waals surface area contributed by atoms with E-state index in [4.69, 9.17) is 9.56 Å². The maximum Gasteiger partial charge on any atom is 0.289 e. The standard InChI is InChI=1S/C16H22N4O5S/c17-26(23,24)14-3-2-12(25-14)15(22)20-10-16(11-20)4-7-18(9-16)8-13(21)19-5-1-6-19/h2-3H,1,4-11H2,(H2,17,23,24). The highest BCUT2D eigenvalue weighted by Crippen LogP contribution is 2.40. The number of nitrogens with two attached hydrogens (primary N) is 1. The second kappa shape index (κ2) is 6.07. The van der Waals surface area contributed by atoms with Gasteiger partial charge in [-0.2, -0.15) is 0 Å². The highest BCUT2D eigenvalue weighted by molar-refractivity contribution is 7.89. The van der Waals surface area contributed by atoms with Gasteiger partial charge in [0, 0.05) is 38.1 Å². The van der Waals surface area contributed by atoms with Gasteiger partial charge in [0.25, 0.3) is 15.9 Å². The van der Waals surface area contributed by atoms with Gasteiger partial charge in [0.1, 0.15) is 0 Å². The molecule has 2 amide bonds. The third kappa shape index (κ3) is 3.12. The molecular formula is C16H22N4O5S. The second-order valence-corrected chi connectivity index (χ2v) is 9.01. The SMILES string of the molecule is NS(=O)(=O)c1ccc(C(=O)N2CC3(CCN(CC(=O)N4CCC4)C3)C2)o1. The second-order valence-electron chi connectivity index (χ2n) is 7.52. The van der Waals surface area contributed by atoms with Crippen molar-refractivity contribution in [3.63, 3.8) is 0 Å². The number of hydrogen-bond donors (Lipinski definition) is 1. The third-order valence-corrected chi connectivity index (χ3v) is 6.28. The summed E-state index contributed by atoms with van der Waals surface area (Å²) in [5, 5.41) is 4.59. The number of furan rings is 1. The largest absolute Gasteiger partial charge is 0.438 e. The quantitative estimate of drug-likeness (QED) is 0.736. The molecule has 1 aromatic heterocycles. The Kier molecular flexibility index (Phi) is 4.08. The van der Waals surface area contributed by atoms with Gasteiger partial charge in [-0.15, -0.1) is 0 Å². The number of likely N-dealkylation sites (tertiary alicyclic amines) is 3. The van der Waals surface area contributed by atoms with Crippen LogP contribution in [0.4, 0.5) is 0 Å². The molecule has 0 unspecified atom stereocenters. The first-order valence-electron chi connectivity index (χ1n) is 8.68. The predicted molar refractivity (Wildman–Crippen MR) is 90.7 cm³/mol. The van der Waals surface area contributed by atoms with Gasteiger partial charge in [0.15, 0.2) is 5.76 Å². The number of amides is 2. The molecule has 3 fully saturated rings. The summed E-state index contributed by atoms with van der Waals surface area (Å²) in [7, 11) is -3.96. The van der Waals surface area contributed by atoms with Crippen LogP contribution in [0, 0.1) is 5.41 Å². The first-order valence-corrected chi connectivity index (χ1v) is 10.2. The average molecular weight is 382 g/mol. The van der Waals surface area contributed by atoms with E-state index in [2.05, 4.69) is 4.90 Å². The van der Waals surface area contributed by atoms with Crippen LogP contribution in [-0.2, 0) is 14.8 Å². The number of nitrogens with zero attached hydrogens (tertiary/aromatic N) is 3. The Bertz CT molecular complexity index is 839. The van der Waals surface area contributed by atoms with Crippen LogP contribution in [0.2, 0.25) is 0 Å². The number of carbonyl (C=O) groups excluding carboxylic acids is 2. The molecule has 0 bridgehead atoms. The average Bonchev–Trinajstić information content (AvgIpc) is 3.09. The van der Waals surface area contributed by atoms with E-state index in [1.165, 1.54) is 12.1 Å². The molecule has 9 nitrogen and oxygen atoms in total. The fourth-order valence-corrected chi connectivity index (χ4v) is 4.39.